The predicted molar refractivity (Wildman–Crippen MR) is 56.5 cm³/mol. The monoisotopic (exact) mass is 394 g/mol. The van der Waals surface area contributed by atoms with Crippen molar-refractivity contribution in [3.63, 3.8) is 0 Å². The van der Waals surface area contributed by atoms with Crippen LogP contribution in [-0.2, 0) is 4.74 Å². The van der Waals surface area contributed by atoms with Crippen molar-refractivity contribution >= 4 is 0 Å². The van der Waals surface area contributed by atoms with Crippen molar-refractivity contribution in [2.24, 2.45) is 0 Å². The second-order valence-electron chi connectivity index (χ2n) is 4.71. The summed E-state index contributed by atoms with van der Waals surface area (Å²) in [5.74, 6) is -13.5. The Hall–Kier alpha value is -1.66. The molecule has 1 atom stereocenters. The minimum absolute atomic E-state index is 0.301. The van der Waals surface area contributed by atoms with E-state index in [2.05, 4.69) is 4.74 Å². The summed E-state index contributed by atoms with van der Waals surface area (Å²) in [6.45, 7) is 0. The first-order valence-electron chi connectivity index (χ1n) is 5.96. The largest absolute Gasteiger partial charge is 0.431 e. The molecular formula is C12H6F12O. The van der Waals surface area contributed by atoms with Crippen LogP contribution in [0.15, 0.2) is 0 Å². The minimum atomic E-state index is -6.61. The maximum atomic E-state index is 13.6. The molecule has 0 radical (unpaired) electrons. The third-order valence-corrected chi connectivity index (χ3v) is 3.22. The average molecular weight is 394 g/mol. The number of halogens is 12. The van der Waals surface area contributed by atoms with Gasteiger partial charge in [-0.25, -0.2) is 26.3 Å². The molecule has 1 unspecified atom stereocenters. The highest BCUT2D eigenvalue weighted by molar-refractivity contribution is 5.27. The Kier molecular flexibility index (Phi) is 5.62. The molecule has 0 aromatic heterocycles. The lowest BCUT2D eigenvalue weighted by Crippen LogP contribution is -2.54. The summed E-state index contributed by atoms with van der Waals surface area (Å²) in [6.07, 6.45) is -19.1. The van der Waals surface area contributed by atoms with Gasteiger partial charge < -0.3 is 4.74 Å². The number of rotatable bonds is 4. The lowest BCUT2D eigenvalue weighted by molar-refractivity contribution is -0.348. The second-order valence-corrected chi connectivity index (χ2v) is 4.71. The smallest absolute Gasteiger partial charge is 0.376 e. The average Bonchev–Trinajstić information content (AvgIpc) is 2.47. The van der Waals surface area contributed by atoms with Gasteiger partial charge in [-0.05, 0) is 0 Å². The fourth-order valence-corrected chi connectivity index (χ4v) is 1.86. The molecule has 144 valence electrons. The molecule has 25 heavy (non-hydrogen) atoms. The zero-order valence-corrected chi connectivity index (χ0v) is 11.7. The van der Waals surface area contributed by atoms with Crippen molar-refractivity contribution in [3.8, 4) is 0 Å². The fraction of sp³-hybridized carbons (Fsp3) is 0.500. The number of hydrogen-bond donors (Lipinski definition) is 0. The van der Waals surface area contributed by atoms with Crippen molar-refractivity contribution in [2.75, 3.05) is 7.11 Å². The van der Waals surface area contributed by atoms with Crippen LogP contribution in [0.2, 0.25) is 0 Å². The van der Waals surface area contributed by atoms with E-state index in [0.717, 1.165) is 0 Å². The van der Waals surface area contributed by atoms with Gasteiger partial charge in [-0.2, -0.15) is 26.3 Å². The molecule has 0 aliphatic carbocycles. The van der Waals surface area contributed by atoms with Gasteiger partial charge in [-0.3, -0.25) is 0 Å². The standard InChI is InChI=1S/C12H6F12O/c1-25-3(2-10(18,11(19,20)21)12(22,23)24)4-5(13)7(15)9(17)8(16)6(4)14/h3H,2H2,1H3. The molecule has 0 fully saturated rings. The van der Waals surface area contributed by atoms with Crippen LogP contribution < -0.4 is 0 Å². The summed E-state index contributed by atoms with van der Waals surface area (Å²) in [5, 5.41) is 0. The van der Waals surface area contributed by atoms with Crippen molar-refractivity contribution < 1.29 is 57.4 Å². The summed E-state index contributed by atoms with van der Waals surface area (Å²) in [7, 11) is 0.301. The first-order chi connectivity index (χ1) is 11.1. The van der Waals surface area contributed by atoms with E-state index in [1.807, 2.05) is 0 Å². The van der Waals surface area contributed by atoms with E-state index >= 15 is 0 Å². The van der Waals surface area contributed by atoms with Crippen molar-refractivity contribution in [2.45, 2.75) is 30.5 Å². The van der Waals surface area contributed by atoms with Crippen molar-refractivity contribution in [1.82, 2.24) is 0 Å². The van der Waals surface area contributed by atoms with Gasteiger partial charge in [0.25, 0.3) is 0 Å². The molecule has 0 aliphatic rings. The first kappa shape index (κ1) is 21.4. The normalized spacial score (nSPS) is 14.8. The molecular weight excluding hydrogens is 388 g/mol. The molecule has 1 aromatic carbocycles. The summed E-state index contributed by atoms with van der Waals surface area (Å²) < 4.78 is 159. The van der Waals surface area contributed by atoms with E-state index in [4.69, 9.17) is 0 Å². The molecule has 13 heteroatoms. The van der Waals surface area contributed by atoms with Gasteiger partial charge >= 0.3 is 18.0 Å². The highest BCUT2D eigenvalue weighted by Crippen LogP contribution is 2.51. The quantitative estimate of drug-likeness (QED) is 0.383. The van der Waals surface area contributed by atoms with Gasteiger partial charge in [-0.15, -0.1) is 0 Å². The van der Waals surface area contributed by atoms with E-state index in [9.17, 15) is 52.7 Å². The highest BCUT2D eigenvalue weighted by atomic mass is 19.4. The van der Waals surface area contributed by atoms with Crippen molar-refractivity contribution in [1.29, 1.82) is 0 Å². The molecule has 0 bridgehead atoms. The molecule has 0 spiro atoms. The van der Waals surface area contributed by atoms with Gasteiger partial charge in [0.1, 0.15) is 0 Å². The van der Waals surface area contributed by atoms with Crippen LogP contribution in [-0.4, -0.2) is 25.1 Å². The molecule has 0 aliphatic heterocycles. The third-order valence-electron chi connectivity index (χ3n) is 3.22. The fourth-order valence-electron chi connectivity index (χ4n) is 1.86. The van der Waals surface area contributed by atoms with Crippen LogP contribution in [0.5, 0.6) is 0 Å². The van der Waals surface area contributed by atoms with E-state index in [0.29, 0.717) is 7.11 Å². The number of benzene rings is 1. The van der Waals surface area contributed by atoms with E-state index in [1.54, 1.807) is 0 Å². The van der Waals surface area contributed by atoms with Gasteiger partial charge in [-0.1, -0.05) is 0 Å². The Morgan fingerprint density at radius 1 is 0.680 bits per heavy atom. The summed E-state index contributed by atoms with van der Waals surface area (Å²) >= 11 is 0. The third kappa shape index (κ3) is 3.51. The molecule has 0 heterocycles. The SMILES string of the molecule is COC(CC(F)(C(F)(F)F)C(F)(F)F)c1c(F)c(F)c(F)c(F)c1F. The Balaban J connectivity index is 3.57. The zero-order valence-electron chi connectivity index (χ0n) is 11.7. The molecule has 0 amide bonds. The number of hydrogen-bond acceptors (Lipinski definition) is 1. The second kappa shape index (κ2) is 6.57. The van der Waals surface area contributed by atoms with Crippen LogP contribution in [0.3, 0.4) is 0 Å². The Morgan fingerprint density at radius 2 is 1.00 bits per heavy atom. The topological polar surface area (TPSA) is 9.23 Å². The van der Waals surface area contributed by atoms with Crippen LogP contribution in [0, 0.1) is 29.1 Å². The van der Waals surface area contributed by atoms with E-state index < -0.39 is 65.2 Å². The van der Waals surface area contributed by atoms with Crippen molar-refractivity contribution in [3.05, 3.63) is 34.6 Å². The maximum Gasteiger partial charge on any atom is 0.431 e. The Morgan fingerprint density at radius 3 is 1.28 bits per heavy atom. The summed E-state index contributed by atoms with van der Waals surface area (Å²) in [5.41, 5.74) is -8.18. The highest BCUT2D eigenvalue weighted by Gasteiger charge is 2.73. The van der Waals surface area contributed by atoms with Gasteiger partial charge in [0.05, 0.1) is 11.7 Å². The van der Waals surface area contributed by atoms with E-state index in [-0.39, 0.29) is 0 Å². The molecule has 1 aromatic rings. The molecule has 1 nitrogen and oxygen atoms in total. The van der Waals surface area contributed by atoms with Crippen LogP contribution >= 0.6 is 0 Å². The number of alkyl halides is 7. The Labute approximate surface area is 131 Å². The molecule has 0 saturated carbocycles. The number of ether oxygens (including phenoxy) is 1. The van der Waals surface area contributed by atoms with Gasteiger partial charge in [0, 0.05) is 13.5 Å². The first-order valence-corrected chi connectivity index (χ1v) is 5.96. The number of methoxy groups -OCH3 is 1. The molecule has 0 saturated heterocycles. The van der Waals surface area contributed by atoms with E-state index in [1.165, 1.54) is 0 Å². The zero-order chi connectivity index (χ0) is 20.0. The lowest BCUT2D eigenvalue weighted by atomic mass is 9.92. The van der Waals surface area contributed by atoms with Crippen LogP contribution in [0.1, 0.15) is 18.1 Å². The van der Waals surface area contributed by atoms with Crippen LogP contribution in [0.4, 0.5) is 52.7 Å². The minimum Gasteiger partial charge on any atom is -0.376 e. The summed E-state index contributed by atoms with van der Waals surface area (Å²) in [4.78, 5) is 0. The van der Waals surface area contributed by atoms with Gasteiger partial charge in [0.2, 0.25) is 5.82 Å². The Bertz CT molecular complexity index is 604. The van der Waals surface area contributed by atoms with Gasteiger partial charge in [0.15, 0.2) is 23.3 Å². The molecule has 1 rings (SSSR count). The predicted octanol–water partition coefficient (Wildman–Crippen LogP) is 5.29. The lowest BCUT2D eigenvalue weighted by Gasteiger charge is -2.32. The summed E-state index contributed by atoms with van der Waals surface area (Å²) in [6, 6.07) is 0. The molecule has 0 N–H and O–H groups in total. The maximum absolute atomic E-state index is 13.6. The van der Waals surface area contributed by atoms with Crippen LogP contribution in [0.25, 0.3) is 0 Å².